The summed E-state index contributed by atoms with van der Waals surface area (Å²) in [5, 5.41) is 3.38. The van der Waals surface area contributed by atoms with Gasteiger partial charge in [-0.25, -0.2) is 0 Å². The molecule has 1 aromatic heterocycles. The molecule has 4 nitrogen and oxygen atoms in total. The van der Waals surface area contributed by atoms with Crippen LogP contribution in [0.1, 0.15) is 29.8 Å². The Bertz CT molecular complexity index is 348. The second kappa shape index (κ2) is 6.47. The highest BCUT2D eigenvalue weighted by Gasteiger charge is 2.13. The fourth-order valence-electron chi connectivity index (χ4n) is 1.96. The van der Waals surface area contributed by atoms with Crippen molar-refractivity contribution >= 4 is 5.78 Å². The summed E-state index contributed by atoms with van der Waals surface area (Å²) in [7, 11) is 0. The molecule has 1 saturated heterocycles. The van der Waals surface area contributed by atoms with Crippen molar-refractivity contribution in [2.45, 2.75) is 25.3 Å². The van der Waals surface area contributed by atoms with Gasteiger partial charge in [-0.15, -0.1) is 0 Å². The predicted molar refractivity (Wildman–Crippen MR) is 65.0 cm³/mol. The molecule has 0 saturated carbocycles. The Morgan fingerprint density at radius 1 is 1.47 bits per heavy atom. The van der Waals surface area contributed by atoms with Gasteiger partial charge in [-0.05, 0) is 31.5 Å². The topological polar surface area (TPSA) is 51.2 Å². The van der Waals surface area contributed by atoms with Crippen molar-refractivity contribution in [3.63, 3.8) is 0 Å². The van der Waals surface area contributed by atoms with Gasteiger partial charge in [-0.1, -0.05) is 12.5 Å². The summed E-state index contributed by atoms with van der Waals surface area (Å²) >= 11 is 0. The molecule has 1 N–H and O–H groups in total. The number of nitrogens with one attached hydrogen (secondary N) is 1. The molecule has 0 aromatic carbocycles. The first-order valence-electron chi connectivity index (χ1n) is 6.11. The quantitative estimate of drug-likeness (QED) is 0.783. The second-order valence-electron chi connectivity index (χ2n) is 4.30. The molecular formula is C13H18N2O2. The monoisotopic (exact) mass is 234 g/mol. The first kappa shape index (κ1) is 12.2. The number of hydrogen-bond donors (Lipinski definition) is 1. The summed E-state index contributed by atoms with van der Waals surface area (Å²) in [6.45, 7) is 1.79. The molecule has 1 aliphatic rings. The van der Waals surface area contributed by atoms with Gasteiger partial charge in [-0.3, -0.25) is 9.78 Å². The van der Waals surface area contributed by atoms with Crippen LogP contribution in [0, 0.1) is 0 Å². The SMILES string of the molecule is O=C(COC[C@@H]1CCCCN1)c1ccccn1. The minimum absolute atomic E-state index is 0.0543. The van der Waals surface area contributed by atoms with Gasteiger partial charge >= 0.3 is 0 Å². The van der Waals surface area contributed by atoms with Gasteiger partial charge in [0.2, 0.25) is 5.78 Å². The van der Waals surface area contributed by atoms with Gasteiger partial charge in [0.1, 0.15) is 12.3 Å². The molecule has 2 heterocycles. The van der Waals surface area contributed by atoms with Gasteiger partial charge in [0, 0.05) is 12.2 Å². The Morgan fingerprint density at radius 2 is 2.41 bits per heavy atom. The molecule has 0 bridgehead atoms. The lowest BCUT2D eigenvalue weighted by Gasteiger charge is -2.22. The lowest BCUT2D eigenvalue weighted by molar-refractivity contribution is 0.0687. The summed E-state index contributed by atoms with van der Waals surface area (Å²) in [6.07, 6.45) is 5.24. The third-order valence-corrected chi connectivity index (χ3v) is 2.92. The van der Waals surface area contributed by atoms with Gasteiger partial charge in [-0.2, -0.15) is 0 Å². The van der Waals surface area contributed by atoms with Crippen LogP contribution in [-0.2, 0) is 4.74 Å². The van der Waals surface area contributed by atoms with Crippen molar-refractivity contribution < 1.29 is 9.53 Å². The molecular weight excluding hydrogens is 216 g/mol. The van der Waals surface area contributed by atoms with Crippen LogP contribution >= 0.6 is 0 Å². The largest absolute Gasteiger partial charge is 0.372 e. The number of aromatic nitrogens is 1. The first-order valence-corrected chi connectivity index (χ1v) is 6.11. The van der Waals surface area contributed by atoms with E-state index in [1.807, 2.05) is 6.07 Å². The highest BCUT2D eigenvalue weighted by Crippen LogP contribution is 2.07. The molecule has 0 aliphatic carbocycles. The summed E-state index contributed by atoms with van der Waals surface area (Å²) in [4.78, 5) is 15.7. The van der Waals surface area contributed by atoms with Crippen LogP contribution in [0.2, 0.25) is 0 Å². The smallest absolute Gasteiger partial charge is 0.206 e. The van der Waals surface area contributed by atoms with E-state index in [-0.39, 0.29) is 12.4 Å². The number of rotatable bonds is 5. The molecule has 1 fully saturated rings. The lowest BCUT2D eigenvalue weighted by Crippen LogP contribution is -2.38. The molecule has 2 rings (SSSR count). The van der Waals surface area contributed by atoms with E-state index < -0.39 is 0 Å². The lowest BCUT2D eigenvalue weighted by atomic mass is 10.1. The fourth-order valence-corrected chi connectivity index (χ4v) is 1.96. The zero-order valence-corrected chi connectivity index (χ0v) is 9.89. The van der Waals surface area contributed by atoms with Crippen molar-refractivity contribution in [1.29, 1.82) is 0 Å². The minimum atomic E-state index is -0.0543. The molecule has 92 valence electrons. The van der Waals surface area contributed by atoms with E-state index in [4.69, 9.17) is 4.74 Å². The predicted octanol–water partition coefficient (Wildman–Crippen LogP) is 1.42. The highest BCUT2D eigenvalue weighted by atomic mass is 16.5. The van der Waals surface area contributed by atoms with Gasteiger partial charge in [0.15, 0.2) is 0 Å². The molecule has 1 atom stereocenters. The van der Waals surface area contributed by atoms with Crippen molar-refractivity contribution in [1.82, 2.24) is 10.3 Å². The van der Waals surface area contributed by atoms with E-state index in [1.54, 1.807) is 18.3 Å². The van der Waals surface area contributed by atoms with Gasteiger partial charge in [0.05, 0.1) is 6.61 Å². The number of hydrogen-bond acceptors (Lipinski definition) is 4. The molecule has 17 heavy (non-hydrogen) atoms. The molecule has 1 aromatic rings. The van der Waals surface area contributed by atoms with Crippen LogP contribution in [0.5, 0.6) is 0 Å². The molecule has 0 spiro atoms. The van der Waals surface area contributed by atoms with Crippen LogP contribution in [-0.4, -0.2) is 36.6 Å². The average molecular weight is 234 g/mol. The maximum atomic E-state index is 11.7. The molecule has 0 amide bonds. The third kappa shape index (κ3) is 3.91. The van der Waals surface area contributed by atoms with E-state index >= 15 is 0 Å². The van der Waals surface area contributed by atoms with Crippen molar-refractivity contribution in [2.75, 3.05) is 19.8 Å². The van der Waals surface area contributed by atoms with Crippen LogP contribution in [0.25, 0.3) is 0 Å². The van der Waals surface area contributed by atoms with Crippen LogP contribution in [0.15, 0.2) is 24.4 Å². The number of piperidine rings is 1. The number of nitrogens with zero attached hydrogens (tertiary/aromatic N) is 1. The minimum Gasteiger partial charge on any atom is -0.372 e. The summed E-state index contributed by atoms with van der Waals surface area (Å²) in [6, 6.07) is 5.72. The van der Waals surface area contributed by atoms with Crippen molar-refractivity contribution in [3.8, 4) is 0 Å². The van der Waals surface area contributed by atoms with E-state index in [0.717, 1.165) is 13.0 Å². The zero-order chi connectivity index (χ0) is 11.9. The molecule has 0 unspecified atom stereocenters. The Morgan fingerprint density at radius 3 is 3.12 bits per heavy atom. The summed E-state index contributed by atoms with van der Waals surface area (Å²) < 4.78 is 5.44. The highest BCUT2D eigenvalue weighted by molar-refractivity contribution is 5.95. The fraction of sp³-hybridized carbons (Fsp3) is 0.538. The number of ether oxygens (including phenoxy) is 1. The third-order valence-electron chi connectivity index (χ3n) is 2.92. The number of Topliss-reactive ketones (excluding diaryl/α,β-unsaturated/α-hetero) is 1. The maximum absolute atomic E-state index is 11.7. The molecule has 4 heteroatoms. The van der Waals surface area contributed by atoms with Gasteiger partial charge in [0.25, 0.3) is 0 Å². The number of carbonyl (C=O) groups is 1. The Balaban J connectivity index is 1.69. The van der Waals surface area contributed by atoms with Gasteiger partial charge < -0.3 is 10.1 Å². The molecule has 1 aliphatic heterocycles. The zero-order valence-electron chi connectivity index (χ0n) is 9.89. The van der Waals surface area contributed by atoms with E-state index in [2.05, 4.69) is 10.3 Å². The Kier molecular flexibility index (Phi) is 4.64. The van der Waals surface area contributed by atoms with Crippen molar-refractivity contribution in [3.05, 3.63) is 30.1 Å². The number of pyridine rings is 1. The summed E-state index contributed by atoms with van der Waals surface area (Å²) in [5.74, 6) is -0.0543. The van der Waals surface area contributed by atoms with E-state index in [9.17, 15) is 4.79 Å². The normalized spacial score (nSPS) is 20.1. The average Bonchev–Trinajstić information content (AvgIpc) is 2.41. The van der Waals surface area contributed by atoms with Crippen LogP contribution in [0.4, 0.5) is 0 Å². The van der Waals surface area contributed by atoms with E-state index in [1.165, 1.54) is 12.8 Å². The Hall–Kier alpha value is -1.26. The molecule has 0 radical (unpaired) electrons. The number of ketones is 1. The second-order valence-corrected chi connectivity index (χ2v) is 4.30. The first-order chi connectivity index (χ1) is 8.36. The van der Waals surface area contributed by atoms with Crippen LogP contribution in [0.3, 0.4) is 0 Å². The maximum Gasteiger partial charge on any atom is 0.206 e. The summed E-state index contributed by atoms with van der Waals surface area (Å²) in [5.41, 5.74) is 0.476. The van der Waals surface area contributed by atoms with Crippen molar-refractivity contribution in [2.24, 2.45) is 0 Å². The van der Waals surface area contributed by atoms with E-state index in [0.29, 0.717) is 18.3 Å². The Labute approximate surface area is 101 Å². The standard InChI is InChI=1S/C13H18N2O2/c16-13(12-6-2-4-8-15-12)10-17-9-11-5-1-3-7-14-11/h2,4,6,8,11,14H,1,3,5,7,9-10H2/t11-/m0/s1. The van der Waals surface area contributed by atoms with Crippen LogP contribution < -0.4 is 5.32 Å². The number of carbonyl (C=O) groups excluding carboxylic acids is 1.